The minimum Gasteiger partial charge on any atom is -0.383 e. The Balaban J connectivity index is 0.00000272. The highest BCUT2D eigenvalue weighted by Crippen LogP contribution is 2.38. The van der Waals surface area contributed by atoms with Gasteiger partial charge in [0.1, 0.15) is 0 Å². The summed E-state index contributed by atoms with van der Waals surface area (Å²) in [6.07, 6.45) is 0. The van der Waals surface area contributed by atoms with Crippen LogP contribution in [0, 0.1) is 0 Å². The number of hydrogen-bond donors (Lipinski definition) is 0. The third-order valence-electron chi connectivity index (χ3n) is 5.65. The van der Waals surface area contributed by atoms with Crippen LogP contribution in [-0.4, -0.2) is 72.9 Å². The molecule has 2 heterocycles. The Morgan fingerprint density at radius 2 is 0.903 bits per heavy atom. The first kappa shape index (κ1) is 22.6. The van der Waals surface area contributed by atoms with E-state index in [1.165, 1.54) is 24.0 Å². The Kier molecular flexibility index (Phi) is 5.98. The lowest BCUT2D eigenvalue weighted by Gasteiger charge is -2.35. The van der Waals surface area contributed by atoms with Gasteiger partial charge >= 0.3 is 0 Å². The molecule has 2 aliphatic heterocycles. The topological polar surface area (TPSA) is 93.2 Å². The first-order valence-electron chi connectivity index (χ1n) is 9.66. The monoisotopic (exact) mass is 426 g/mol. The Morgan fingerprint density at radius 3 is 1.13 bits per heavy atom. The predicted molar refractivity (Wildman–Crippen MR) is 114 cm³/mol. The zero-order chi connectivity index (χ0) is 21.7. The lowest BCUT2D eigenvalue weighted by molar-refractivity contribution is 0.0434. The number of carbonyl (C=O) groups excluding carboxylic acids is 4. The molecule has 2 unspecified atom stereocenters. The van der Waals surface area contributed by atoms with Gasteiger partial charge in [-0.25, -0.2) is 0 Å². The molecule has 2 aromatic carbocycles. The van der Waals surface area contributed by atoms with Crippen LogP contribution in [0.4, 0.5) is 0 Å². The number of methoxy groups -OCH3 is 2. The molecular formula is C23H26N2O6. The fourth-order valence-corrected chi connectivity index (χ4v) is 4.34. The number of rotatable bonds is 6. The molecule has 0 aromatic heterocycles. The maximum atomic E-state index is 13.1. The fraction of sp³-hybridized carbons (Fsp3) is 0.391. The van der Waals surface area contributed by atoms with Gasteiger partial charge in [0.2, 0.25) is 0 Å². The van der Waals surface area contributed by atoms with Gasteiger partial charge in [-0.1, -0.05) is 7.43 Å². The number of nitrogens with zero attached hydrogens (tertiary/aromatic N) is 2. The second kappa shape index (κ2) is 8.20. The molecule has 0 saturated heterocycles. The van der Waals surface area contributed by atoms with Crippen molar-refractivity contribution in [2.24, 2.45) is 0 Å². The number of imide groups is 2. The van der Waals surface area contributed by atoms with E-state index in [0.29, 0.717) is 33.0 Å². The van der Waals surface area contributed by atoms with Crippen molar-refractivity contribution in [3.05, 3.63) is 46.5 Å². The van der Waals surface area contributed by atoms with Crippen LogP contribution in [0.1, 0.15) is 62.7 Å². The van der Waals surface area contributed by atoms with E-state index < -0.39 is 35.7 Å². The number of amides is 4. The molecule has 8 nitrogen and oxygen atoms in total. The van der Waals surface area contributed by atoms with E-state index in [1.54, 1.807) is 38.1 Å². The molecular weight excluding hydrogens is 400 g/mol. The van der Waals surface area contributed by atoms with E-state index in [2.05, 4.69) is 0 Å². The van der Waals surface area contributed by atoms with E-state index >= 15 is 0 Å². The van der Waals surface area contributed by atoms with E-state index in [1.807, 2.05) is 0 Å². The van der Waals surface area contributed by atoms with Crippen LogP contribution in [0.3, 0.4) is 0 Å². The van der Waals surface area contributed by atoms with Gasteiger partial charge in [0.25, 0.3) is 23.6 Å². The molecule has 8 heteroatoms. The molecule has 4 rings (SSSR count). The van der Waals surface area contributed by atoms with Gasteiger partial charge in [0, 0.05) is 47.2 Å². The van der Waals surface area contributed by atoms with Crippen molar-refractivity contribution in [1.29, 1.82) is 0 Å². The fourth-order valence-electron chi connectivity index (χ4n) is 4.34. The summed E-state index contributed by atoms with van der Waals surface area (Å²) in [4.78, 5) is 54.9. The molecule has 164 valence electrons. The van der Waals surface area contributed by atoms with E-state index in [0.717, 1.165) is 0 Å². The second-order valence-corrected chi connectivity index (χ2v) is 7.64. The van der Waals surface area contributed by atoms with Crippen LogP contribution < -0.4 is 0 Å². The average Bonchev–Trinajstić information content (AvgIpc) is 2.71. The van der Waals surface area contributed by atoms with E-state index in [9.17, 15) is 19.2 Å². The Labute approximate surface area is 180 Å². The molecule has 2 atom stereocenters. The minimum atomic E-state index is -0.462. The van der Waals surface area contributed by atoms with Gasteiger partial charge in [-0.05, 0) is 38.1 Å². The van der Waals surface area contributed by atoms with Crippen LogP contribution in [0.25, 0.3) is 10.8 Å². The van der Waals surface area contributed by atoms with Crippen LogP contribution in [0.5, 0.6) is 0 Å². The van der Waals surface area contributed by atoms with Crippen LogP contribution in [0.15, 0.2) is 24.3 Å². The summed E-state index contributed by atoms with van der Waals surface area (Å²) in [7, 11) is 3.00. The van der Waals surface area contributed by atoms with Crippen LogP contribution >= 0.6 is 0 Å². The van der Waals surface area contributed by atoms with Crippen molar-refractivity contribution in [1.82, 2.24) is 9.80 Å². The number of ether oxygens (including phenoxy) is 2. The lowest BCUT2D eigenvalue weighted by atomic mass is 9.85. The molecule has 0 N–H and O–H groups in total. The van der Waals surface area contributed by atoms with Gasteiger partial charge in [0.05, 0.1) is 25.3 Å². The Morgan fingerprint density at radius 1 is 0.645 bits per heavy atom. The quantitative estimate of drug-likeness (QED) is 0.660. The van der Waals surface area contributed by atoms with Crippen molar-refractivity contribution in [3.8, 4) is 0 Å². The minimum absolute atomic E-state index is 0. The Bertz CT molecular complexity index is 952. The number of hydrogen-bond acceptors (Lipinski definition) is 6. The average molecular weight is 426 g/mol. The summed E-state index contributed by atoms with van der Waals surface area (Å²) in [5, 5.41) is 0.725. The van der Waals surface area contributed by atoms with Gasteiger partial charge in [-0.2, -0.15) is 0 Å². The van der Waals surface area contributed by atoms with E-state index in [4.69, 9.17) is 9.47 Å². The third-order valence-corrected chi connectivity index (χ3v) is 5.65. The van der Waals surface area contributed by atoms with Crippen LogP contribution in [-0.2, 0) is 9.47 Å². The molecule has 31 heavy (non-hydrogen) atoms. The summed E-state index contributed by atoms with van der Waals surface area (Å²) < 4.78 is 10.2. The molecule has 0 fully saturated rings. The first-order chi connectivity index (χ1) is 14.3. The highest BCUT2D eigenvalue weighted by molar-refractivity contribution is 6.33. The van der Waals surface area contributed by atoms with Crippen molar-refractivity contribution in [3.63, 3.8) is 0 Å². The smallest absolute Gasteiger partial charge is 0.261 e. The lowest BCUT2D eigenvalue weighted by Crippen LogP contribution is -2.49. The normalized spacial score (nSPS) is 17.2. The molecule has 4 amide bonds. The summed E-state index contributed by atoms with van der Waals surface area (Å²) in [5.41, 5.74) is 1.19. The summed E-state index contributed by atoms with van der Waals surface area (Å²) >= 11 is 0. The number of benzene rings is 2. The first-order valence-corrected chi connectivity index (χ1v) is 9.66. The maximum Gasteiger partial charge on any atom is 0.261 e. The third kappa shape index (κ3) is 3.14. The molecule has 0 spiro atoms. The zero-order valence-electron chi connectivity index (χ0n) is 17.2. The van der Waals surface area contributed by atoms with Crippen molar-refractivity contribution in [2.75, 3.05) is 27.4 Å². The molecule has 0 aliphatic carbocycles. The van der Waals surface area contributed by atoms with E-state index in [-0.39, 0.29) is 20.6 Å². The molecule has 2 aromatic rings. The molecule has 2 aliphatic rings. The largest absolute Gasteiger partial charge is 0.383 e. The van der Waals surface area contributed by atoms with Crippen LogP contribution in [0.2, 0.25) is 0 Å². The highest BCUT2D eigenvalue weighted by atomic mass is 16.5. The second-order valence-electron chi connectivity index (χ2n) is 7.64. The zero-order valence-corrected chi connectivity index (χ0v) is 17.2. The summed E-state index contributed by atoms with van der Waals surface area (Å²) in [6, 6.07) is 5.30. The summed E-state index contributed by atoms with van der Waals surface area (Å²) in [5.74, 6) is -1.85. The predicted octanol–water partition coefficient (Wildman–Crippen LogP) is 2.74. The van der Waals surface area contributed by atoms with Crippen molar-refractivity contribution >= 4 is 34.4 Å². The summed E-state index contributed by atoms with van der Waals surface area (Å²) in [6.45, 7) is 3.87. The Hall–Kier alpha value is -3.10. The SMILES string of the molecule is C.COCC(C)N1C(=O)c2ccc3c4c(ccc(c24)C1=O)C(=O)N(C(C)COC)C3=O. The molecule has 0 radical (unpaired) electrons. The molecule has 0 bridgehead atoms. The van der Waals surface area contributed by atoms with Gasteiger partial charge in [-0.3, -0.25) is 29.0 Å². The molecule has 0 saturated carbocycles. The van der Waals surface area contributed by atoms with Crippen molar-refractivity contribution in [2.45, 2.75) is 33.4 Å². The number of carbonyl (C=O) groups is 4. The van der Waals surface area contributed by atoms with Gasteiger partial charge in [0.15, 0.2) is 0 Å². The van der Waals surface area contributed by atoms with Gasteiger partial charge < -0.3 is 9.47 Å². The van der Waals surface area contributed by atoms with Gasteiger partial charge in [-0.15, -0.1) is 0 Å². The highest BCUT2D eigenvalue weighted by Gasteiger charge is 2.41. The standard InChI is InChI=1S/C22H22N2O6.CH4/c1-11(9-29-3)23-19(25)13-5-7-15-18-16(8-6-14(17(13)18)20(23)26)22(28)24(21(15)27)12(2)10-30-4;/h5-8,11-12H,9-10H2,1-4H3;1H4. The maximum absolute atomic E-state index is 13.1. The van der Waals surface area contributed by atoms with Crippen molar-refractivity contribution < 1.29 is 28.7 Å².